The predicted octanol–water partition coefficient (Wildman–Crippen LogP) is 3.11. The lowest BCUT2D eigenvalue weighted by Crippen LogP contribution is -2.49. The maximum Gasteiger partial charge on any atom is 0.319 e. The smallest absolute Gasteiger partial charge is 0.319 e. The zero-order valence-corrected chi connectivity index (χ0v) is 21.4. The molecule has 0 heterocycles. The summed E-state index contributed by atoms with van der Waals surface area (Å²) in [5.74, 6) is -1.24. The van der Waals surface area contributed by atoms with E-state index in [4.69, 9.17) is 18.0 Å². The molecule has 4 N–H and O–H groups in total. The molecule has 4 amide bonds. The highest BCUT2D eigenvalue weighted by atomic mass is 32.1. The highest BCUT2D eigenvalue weighted by Gasteiger charge is 2.36. The standard InChI is InChI=1S/C29H24N3O3PS/c30-29(35)32-27(34)25(28(37)31-26(33)21-13-5-1-6-14-21)36(22-15-7-2-8-16-22,23-17-9-3-10-18-23)24-19-11-4-12-20-24/h1-20H,(H,31,33,37)(H3,30,32,34,35). The maximum absolute atomic E-state index is 13.8. The van der Waals surface area contributed by atoms with Gasteiger partial charge in [0.15, 0.2) is 0 Å². The molecular weight excluding hydrogens is 501 g/mol. The van der Waals surface area contributed by atoms with Crippen molar-refractivity contribution in [2.75, 3.05) is 0 Å². The van der Waals surface area contributed by atoms with Gasteiger partial charge >= 0.3 is 6.03 Å². The van der Waals surface area contributed by atoms with Gasteiger partial charge in [-0.1, -0.05) is 121 Å². The van der Waals surface area contributed by atoms with Gasteiger partial charge in [-0.3, -0.25) is 14.9 Å². The molecule has 37 heavy (non-hydrogen) atoms. The van der Waals surface area contributed by atoms with Gasteiger partial charge in [0.2, 0.25) is 0 Å². The first kappa shape index (κ1) is 25.8. The van der Waals surface area contributed by atoms with E-state index >= 15 is 0 Å². The van der Waals surface area contributed by atoms with Gasteiger partial charge in [-0.05, 0) is 34.9 Å². The van der Waals surface area contributed by atoms with Crippen LogP contribution in [0.5, 0.6) is 0 Å². The topological polar surface area (TPSA) is 101 Å². The molecule has 0 aliphatic rings. The fourth-order valence-electron chi connectivity index (χ4n) is 4.19. The van der Waals surface area contributed by atoms with E-state index in [9.17, 15) is 14.4 Å². The van der Waals surface area contributed by atoms with Gasteiger partial charge in [0.25, 0.3) is 11.8 Å². The van der Waals surface area contributed by atoms with Gasteiger partial charge in [0.1, 0.15) is 4.99 Å². The molecule has 0 fully saturated rings. The molecule has 4 rings (SSSR count). The summed E-state index contributed by atoms with van der Waals surface area (Å²) in [6.07, 6.45) is 0. The van der Waals surface area contributed by atoms with Crippen LogP contribution < -0.4 is 32.3 Å². The number of hydrogen-bond donors (Lipinski definition) is 3. The maximum atomic E-state index is 13.8. The molecule has 0 aliphatic carbocycles. The molecule has 0 aromatic heterocycles. The van der Waals surface area contributed by atoms with Crippen molar-refractivity contribution in [1.82, 2.24) is 10.6 Å². The Kier molecular flexibility index (Phi) is 8.08. The third-order valence-corrected chi connectivity index (χ3v) is 10.5. The number of hydrogen-bond acceptors (Lipinski definition) is 4. The van der Waals surface area contributed by atoms with Crippen molar-refractivity contribution >= 4 is 63.1 Å². The third-order valence-electron chi connectivity index (χ3n) is 5.70. The number of benzene rings is 4. The van der Waals surface area contributed by atoms with Crippen molar-refractivity contribution in [3.05, 3.63) is 127 Å². The summed E-state index contributed by atoms with van der Waals surface area (Å²) in [7, 11) is 0. The van der Waals surface area contributed by atoms with Crippen molar-refractivity contribution < 1.29 is 14.4 Å². The van der Waals surface area contributed by atoms with Crippen molar-refractivity contribution in [2.24, 2.45) is 5.73 Å². The lowest BCUT2D eigenvalue weighted by Gasteiger charge is -2.32. The SMILES string of the molecule is NC(=O)NC(=O)C(C(=S)NC(=O)c1ccccc1)=P(c1ccccc1)(c1ccccc1)c1ccccc1. The molecular formula is C29H24N3O3PS. The van der Waals surface area contributed by atoms with Crippen LogP contribution in [0.3, 0.4) is 0 Å². The third kappa shape index (κ3) is 5.43. The molecule has 0 saturated carbocycles. The number of imide groups is 1. The van der Waals surface area contributed by atoms with Crippen LogP contribution >= 0.6 is 19.1 Å². The summed E-state index contributed by atoms with van der Waals surface area (Å²) in [4.78, 5) is 38.7. The van der Waals surface area contributed by atoms with Gasteiger partial charge in [0, 0.05) is 5.56 Å². The molecule has 6 nitrogen and oxygen atoms in total. The summed E-state index contributed by atoms with van der Waals surface area (Å²) < 4.78 is 0. The van der Waals surface area contributed by atoms with Crippen LogP contribution in [0.4, 0.5) is 4.79 Å². The van der Waals surface area contributed by atoms with E-state index in [0.29, 0.717) is 5.56 Å². The Balaban J connectivity index is 2.12. The molecule has 0 atom stereocenters. The molecule has 184 valence electrons. The molecule has 4 aromatic carbocycles. The molecule has 8 heteroatoms. The second-order valence-corrected chi connectivity index (χ2v) is 11.7. The fourth-order valence-corrected chi connectivity index (χ4v) is 9.04. The number of primary amides is 1. The Morgan fingerprint density at radius 2 is 0.973 bits per heavy atom. The normalized spacial score (nSPS) is 10.7. The van der Waals surface area contributed by atoms with Gasteiger partial charge in [0.05, 0.1) is 5.29 Å². The minimum Gasteiger partial charge on any atom is -0.351 e. The van der Waals surface area contributed by atoms with Crippen LogP contribution in [-0.4, -0.2) is 28.1 Å². The Labute approximate surface area is 220 Å². The number of nitrogens with two attached hydrogens (primary N) is 1. The predicted molar refractivity (Wildman–Crippen MR) is 154 cm³/mol. The van der Waals surface area contributed by atoms with Crippen LogP contribution in [0.25, 0.3) is 0 Å². The summed E-state index contributed by atoms with van der Waals surface area (Å²) in [5.41, 5.74) is 5.76. The monoisotopic (exact) mass is 525 g/mol. The molecule has 0 bridgehead atoms. The van der Waals surface area contributed by atoms with Crippen molar-refractivity contribution in [3.8, 4) is 0 Å². The largest absolute Gasteiger partial charge is 0.351 e. The number of thiocarbonyl (C=S) groups is 1. The summed E-state index contributed by atoms with van der Waals surface area (Å²) in [6, 6.07) is 36.0. The summed E-state index contributed by atoms with van der Waals surface area (Å²) in [5, 5.41) is 7.48. The second-order valence-electron chi connectivity index (χ2n) is 7.99. The molecule has 0 aliphatic heterocycles. The van der Waals surface area contributed by atoms with E-state index in [1.165, 1.54) is 0 Å². The molecule has 0 unspecified atom stereocenters. The minimum absolute atomic E-state index is 0.0857. The molecule has 0 spiro atoms. The van der Waals surface area contributed by atoms with Crippen molar-refractivity contribution in [2.45, 2.75) is 0 Å². The van der Waals surface area contributed by atoms with Crippen LogP contribution in [0, 0.1) is 0 Å². The van der Waals surface area contributed by atoms with Crippen molar-refractivity contribution in [1.29, 1.82) is 0 Å². The highest BCUT2D eigenvalue weighted by molar-refractivity contribution is 8.00. The van der Waals surface area contributed by atoms with E-state index in [0.717, 1.165) is 15.9 Å². The minimum atomic E-state index is -3.04. The first-order valence-electron chi connectivity index (χ1n) is 11.4. The van der Waals surface area contributed by atoms with Crippen LogP contribution in [-0.2, 0) is 4.79 Å². The number of nitrogens with one attached hydrogen (secondary N) is 2. The fraction of sp³-hybridized carbons (Fsp3) is 0. The Morgan fingerprint density at radius 1 is 0.595 bits per heavy atom. The highest BCUT2D eigenvalue weighted by Crippen LogP contribution is 2.46. The quantitative estimate of drug-likeness (QED) is 0.266. The van der Waals surface area contributed by atoms with Crippen LogP contribution in [0.1, 0.15) is 10.4 Å². The van der Waals surface area contributed by atoms with Gasteiger partial charge in [-0.15, -0.1) is 0 Å². The number of carbonyl (C=O) groups excluding carboxylic acids is 3. The van der Waals surface area contributed by atoms with E-state index < -0.39 is 24.7 Å². The Hall–Kier alpha value is -4.32. The summed E-state index contributed by atoms with van der Waals surface area (Å²) in [6.45, 7) is -3.04. The Morgan fingerprint density at radius 3 is 1.35 bits per heavy atom. The number of amides is 4. The van der Waals surface area contributed by atoms with E-state index in [1.807, 2.05) is 91.0 Å². The van der Waals surface area contributed by atoms with Crippen LogP contribution in [0.2, 0.25) is 0 Å². The Bertz CT molecular complexity index is 1390. The average molecular weight is 526 g/mol. The average Bonchev–Trinajstić information content (AvgIpc) is 2.93. The van der Waals surface area contributed by atoms with E-state index in [-0.39, 0.29) is 10.3 Å². The van der Waals surface area contributed by atoms with Crippen molar-refractivity contribution in [3.63, 3.8) is 0 Å². The summed E-state index contributed by atoms with van der Waals surface area (Å²) >= 11 is 5.77. The van der Waals surface area contributed by atoms with Gasteiger partial charge in [-0.25, -0.2) is 4.79 Å². The zero-order chi connectivity index (χ0) is 26.3. The number of carbonyl (C=O) groups is 3. The van der Waals surface area contributed by atoms with E-state index in [1.54, 1.807) is 30.3 Å². The second kappa shape index (κ2) is 11.6. The number of urea groups is 1. The molecule has 0 radical (unpaired) electrons. The lowest BCUT2D eigenvalue weighted by atomic mass is 10.2. The molecule has 0 saturated heterocycles. The zero-order valence-electron chi connectivity index (χ0n) is 19.7. The molecule has 4 aromatic rings. The van der Waals surface area contributed by atoms with E-state index in [2.05, 4.69) is 10.6 Å². The number of rotatable bonds is 6. The van der Waals surface area contributed by atoms with Gasteiger partial charge < -0.3 is 11.1 Å². The van der Waals surface area contributed by atoms with Crippen LogP contribution in [0.15, 0.2) is 121 Å². The first-order chi connectivity index (χ1) is 17.9. The van der Waals surface area contributed by atoms with Gasteiger partial charge in [-0.2, -0.15) is 0 Å². The lowest BCUT2D eigenvalue weighted by molar-refractivity contribution is -0.113. The first-order valence-corrected chi connectivity index (χ1v) is 13.6.